The molecule has 2 aliphatic rings. The molecule has 0 radical (unpaired) electrons. The lowest BCUT2D eigenvalue weighted by atomic mass is 10.2. The van der Waals surface area contributed by atoms with Gasteiger partial charge in [-0.1, -0.05) is 0 Å². The van der Waals surface area contributed by atoms with E-state index in [0.29, 0.717) is 6.42 Å². The van der Waals surface area contributed by atoms with E-state index in [0.717, 1.165) is 18.8 Å². The molecule has 0 aromatic heterocycles. The Morgan fingerprint density at radius 3 is 2.43 bits per heavy atom. The van der Waals surface area contributed by atoms with Crippen molar-refractivity contribution in [1.29, 1.82) is 0 Å². The van der Waals surface area contributed by atoms with Crippen molar-refractivity contribution < 1.29 is 13.2 Å². The summed E-state index contributed by atoms with van der Waals surface area (Å²) in [5.74, 6) is 0.227. The van der Waals surface area contributed by atoms with Crippen LogP contribution in [0.3, 0.4) is 0 Å². The van der Waals surface area contributed by atoms with Gasteiger partial charge in [0.2, 0.25) is 0 Å². The molecule has 126 valence electrons. The summed E-state index contributed by atoms with van der Waals surface area (Å²) in [5.41, 5.74) is 1.90. The third kappa shape index (κ3) is 3.77. The second-order valence-corrected chi connectivity index (χ2v) is 8.57. The van der Waals surface area contributed by atoms with Crippen LogP contribution in [0.1, 0.15) is 19.3 Å². The Hall–Kier alpha value is -1.76. The average molecular weight is 337 g/mol. The largest absolute Gasteiger partial charge is 0.372 e. The van der Waals surface area contributed by atoms with Crippen LogP contribution in [0.25, 0.3) is 0 Å². The van der Waals surface area contributed by atoms with Crippen LogP contribution in [0, 0.1) is 0 Å². The fraction of sp³-hybridized carbons (Fsp3) is 0.562. The highest BCUT2D eigenvalue weighted by Gasteiger charge is 2.32. The lowest BCUT2D eigenvalue weighted by Gasteiger charge is -2.24. The number of benzene rings is 1. The average Bonchev–Trinajstić information content (AvgIpc) is 3.16. The van der Waals surface area contributed by atoms with Gasteiger partial charge < -0.3 is 15.1 Å². The number of carbonyl (C=O) groups is 1. The maximum Gasteiger partial charge on any atom is 0.321 e. The zero-order valence-corrected chi connectivity index (χ0v) is 14.2. The topological polar surface area (TPSA) is 69.7 Å². The van der Waals surface area contributed by atoms with E-state index in [-0.39, 0.29) is 23.6 Å². The smallest absolute Gasteiger partial charge is 0.321 e. The van der Waals surface area contributed by atoms with Crippen molar-refractivity contribution in [3.63, 3.8) is 0 Å². The Labute approximate surface area is 137 Å². The van der Waals surface area contributed by atoms with E-state index in [1.54, 1.807) is 7.05 Å². The maximum absolute atomic E-state index is 12.3. The minimum Gasteiger partial charge on any atom is -0.372 e. The number of anilines is 2. The summed E-state index contributed by atoms with van der Waals surface area (Å²) in [6, 6.07) is 7.32. The first-order chi connectivity index (χ1) is 10.9. The van der Waals surface area contributed by atoms with Crippen molar-refractivity contribution >= 4 is 27.2 Å². The minimum atomic E-state index is -2.99. The van der Waals surface area contributed by atoms with Gasteiger partial charge in [0.25, 0.3) is 0 Å². The molecule has 1 aromatic rings. The Morgan fingerprint density at radius 1 is 1.22 bits per heavy atom. The van der Waals surface area contributed by atoms with Gasteiger partial charge in [0.1, 0.15) is 0 Å². The normalized spacial score (nSPS) is 23.0. The zero-order chi connectivity index (χ0) is 16.4. The van der Waals surface area contributed by atoms with Crippen LogP contribution in [-0.2, 0) is 9.84 Å². The summed E-state index contributed by atoms with van der Waals surface area (Å²) in [6.45, 7) is 2.18. The van der Waals surface area contributed by atoms with Gasteiger partial charge in [-0.05, 0) is 43.5 Å². The molecule has 1 N–H and O–H groups in total. The lowest BCUT2D eigenvalue weighted by Crippen LogP contribution is -2.40. The Balaban J connectivity index is 1.59. The minimum absolute atomic E-state index is 0.0603. The van der Waals surface area contributed by atoms with Crippen LogP contribution < -0.4 is 10.2 Å². The standard InChI is InChI=1S/C16H23N3O3S/c1-18(15-8-11-23(21,22)12-15)16(20)17-13-4-6-14(7-5-13)19-9-2-3-10-19/h4-7,15H,2-3,8-12H2,1H3,(H,17,20). The molecule has 7 heteroatoms. The number of nitrogens with one attached hydrogen (secondary N) is 1. The van der Waals surface area contributed by atoms with Crippen molar-refractivity contribution in [2.24, 2.45) is 0 Å². The molecule has 2 aliphatic heterocycles. The number of hydrogen-bond acceptors (Lipinski definition) is 4. The first-order valence-corrected chi connectivity index (χ1v) is 9.86. The van der Waals surface area contributed by atoms with E-state index >= 15 is 0 Å². The Morgan fingerprint density at radius 2 is 1.87 bits per heavy atom. The van der Waals surface area contributed by atoms with E-state index in [1.165, 1.54) is 23.4 Å². The summed E-state index contributed by atoms with van der Waals surface area (Å²) in [5, 5.41) is 2.84. The number of rotatable bonds is 3. The van der Waals surface area contributed by atoms with Gasteiger partial charge in [0, 0.05) is 37.6 Å². The molecule has 0 saturated carbocycles. The fourth-order valence-corrected chi connectivity index (χ4v) is 4.96. The zero-order valence-electron chi connectivity index (χ0n) is 13.4. The second-order valence-electron chi connectivity index (χ2n) is 6.34. The number of hydrogen-bond donors (Lipinski definition) is 1. The molecule has 23 heavy (non-hydrogen) atoms. The SMILES string of the molecule is CN(C(=O)Nc1ccc(N2CCCC2)cc1)C1CCS(=O)(=O)C1. The molecule has 2 heterocycles. The third-order valence-corrected chi connectivity index (χ3v) is 6.42. The van der Waals surface area contributed by atoms with Crippen molar-refractivity contribution in [3.8, 4) is 0 Å². The van der Waals surface area contributed by atoms with Crippen LogP contribution in [0.2, 0.25) is 0 Å². The van der Waals surface area contributed by atoms with Crippen LogP contribution in [0.5, 0.6) is 0 Å². The molecular weight excluding hydrogens is 314 g/mol. The highest BCUT2D eigenvalue weighted by molar-refractivity contribution is 7.91. The quantitative estimate of drug-likeness (QED) is 0.915. The lowest BCUT2D eigenvalue weighted by molar-refractivity contribution is 0.209. The first kappa shape index (κ1) is 16.1. The van der Waals surface area contributed by atoms with Gasteiger partial charge in [0.15, 0.2) is 9.84 Å². The van der Waals surface area contributed by atoms with E-state index in [4.69, 9.17) is 0 Å². The van der Waals surface area contributed by atoms with Crippen molar-refractivity contribution in [3.05, 3.63) is 24.3 Å². The summed E-state index contributed by atoms with van der Waals surface area (Å²) < 4.78 is 23.1. The van der Waals surface area contributed by atoms with Crippen LogP contribution in [0.4, 0.5) is 16.2 Å². The number of nitrogens with zero attached hydrogens (tertiary/aromatic N) is 2. The maximum atomic E-state index is 12.3. The Bertz CT molecular complexity index is 666. The van der Waals surface area contributed by atoms with Crippen LogP contribution in [-0.4, -0.2) is 57.0 Å². The number of carbonyl (C=O) groups excluding carboxylic acids is 1. The van der Waals surface area contributed by atoms with E-state index in [1.807, 2.05) is 24.3 Å². The predicted octanol–water partition coefficient (Wildman–Crippen LogP) is 1.94. The summed E-state index contributed by atoms with van der Waals surface area (Å²) in [7, 11) is -1.34. The van der Waals surface area contributed by atoms with Crippen LogP contribution >= 0.6 is 0 Å². The van der Waals surface area contributed by atoms with Gasteiger partial charge in [-0.15, -0.1) is 0 Å². The second kappa shape index (κ2) is 6.39. The first-order valence-electron chi connectivity index (χ1n) is 8.04. The van der Waals surface area contributed by atoms with Gasteiger partial charge >= 0.3 is 6.03 Å². The van der Waals surface area contributed by atoms with Crippen molar-refractivity contribution in [2.45, 2.75) is 25.3 Å². The summed E-state index contributed by atoms with van der Waals surface area (Å²) in [6.07, 6.45) is 2.97. The number of sulfone groups is 1. The molecule has 2 fully saturated rings. The molecule has 2 amide bonds. The summed E-state index contributed by atoms with van der Waals surface area (Å²) in [4.78, 5) is 16.1. The molecule has 1 atom stereocenters. The molecule has 2 saturated heterocycles. The van der Waals surface area contributed by atoms with Crippen molar-refractivity contribution in [1.82, 2.24) is 4.90 Å². The molecule has 0 spiro atoms. The van der Waals surface area contributed by atoms with Gasteiger partial charge in [-0.2, -0.15) is 0 Å². The number of urea groups is 1. The van der Waals surface area contributed by atoms with Crippen LogP contribution in [0.15, 0.2) is 24.3 Å². The molecular formula is C16H23N3O3S. The fourth-order valence-electron chi connectivity index (χ4n) is 3.19. The molecule has 0 bridgehead atoms. The molecule has 1 unspecified atom stereocenters. The highest BCUT2D eigenvalue weighted by atomic mass is 32.2. The Kier molecular flexibility index (Phi) is 4.48. The molecule has 1 aromatic carbocycles. The monoisotopic (exact) mass is 337 g/mol. The highest BCUT2D eigenvalue weighted by Crippen LogP contribution is 2.23. The van der Waals surface area contributed by atoms with E-state index in [9.17, 15) is 13.2 Å². The number of amides is 2. The van der Waals surface area contributed by atoms with Gasteiger partial charge in [0.05, 0.1) is 11.5 Å². The molecule has 3 rings (SSSR count). The van der Waals surface area contributed by atoms with E-state index in [2.05, 4.69) is 10.2 Å². The molecule has 6 nitrogen and oxygen atoms in total. The third-order valence-electron chi connectivity index (χ3n) is 4.67. The summed E-state index contributed by atoms with van der Waals surface area (Å²) >= 11 is 0. The van der Waals surface area contributed by atoms with E-state index < -0.39 is 9.84 Å². The predicted molar refractivity (Wildman–Crippen MR) is 91.7 cm³/mol. The van der Waals surface area contributed by atoms with Crippen molar-refractivity contribution in [2.75, 3.05) is 41.9 Å². The van der Waals surface area contributed by atoms with Gasteiger partial charge in [-0.3, -0.25) is 0 Å². The molecule has 0 aliphatic carbocycles. The van der Waals surface area contributed by atoms with Gasteiger partial charge in [-0.25, -0.2) is 13.2 Å².